The standard InChI is InChI=1S/C28H28Cl2N2O9S/c1-4-6-9-40-27(36)18-13-17(7-8-19(18)29)31-23(33)14-32-26(35)22(42-28(32)37)12-16-10-20(30)25(21(11-16)39-5-2)41-15-24(34)38-3/h7-8,10-13H,4-6,9,14-15H2,1-3H3,(H,31,33)/b22-12-. The second-order valence-electron chi connectivity index (χ2n) is 8.63. The highest BCUT2D eigenvalue weighted by atomic mass is 35.5. The van der Waals surface area contributed by atoms with Crippen molar-refractivity contribution in [2.24, 2.45) is 0 Å². The van der Waals surface area contributed by atoms with Crippen LogP contribution in [0, 0.1) is 0 Å². The van der Waals surface area contributed by atoms with Gasteiger partial charge in [0.05, 0.1) is 40.8 Å². The van der Waals surface area contributed by atoms with Crippen LogP contribution in [-0.2, 0) is 23.9 Å². The van der Waals surface area contributed by atoms with Gasteiger partial charge in [-0.1, -0.05) is 36.5 Å². The van der Waals surface area contributed by atoms with E-state index in [1.807, 2.05) is 6.92 Å². The molecule has 1 fully saturated rings. The van der Waals surface area contributed by atoms with Crippen LogP contribution in [-0.4, -0.2) is 67.4 Å². The Morgan fingerprint density at radius 2 is 1.81 bits per heavy atom. The largest absolute Gasteiger partial charge is 0.490 e. The quantitative estimate of drug-likeness (QED) is 0.168. The summed E-state index contributed by atoms with van der Waals surface area (Å²) in [5, 5.41) is 2.17. The highest BCUT2D eigenvalue weighted by Gasteiger charge is 2.36. The Bertz CT molecular complexity index is 1410. The second-order valence-corrected chi connectivity index (χ2v) is 10.4. The molecule has 3 rings (SSSR count). The average Bonchev–Trinajstić information content (AvgIpc) is 3.20. The lowest BCUT2D eigenvalue weighted by Gasteiger charge is -2.14. The molecule has 1 aliphatic rings. The predicted octanol–water partition coefficient (Wildman–Crippen LogP) is 5.58. The van der Waals surface area contributed by atoms with Crippen LogP contribution < -0.4 is 14.8 Å². The summed E-state index contributed by atoms with van der Waals surface area (Å²) in [7, 11) is 1.22. The molecule has 11 nitrogen and oxygen atoms in total. The number of carbonyl (C=O) groups excluding carboxylic acids is 5. The fourth-order valence-corrected chi connectivity index (χ4v) is 4.85. The summed E-state index contributed by atoms with van der Waals surface area (Å²) in [4.78, 5) is 63.0. The number of anilines is 1. The van der Waals surface area contributed by atoms with E-state index >= 15 is 0 Å². The third-order valence-electron chi connectivity index (χ3n) is 5.57. The van der Waals surface area contributed by atoms with Gasteiger partial charge in [0.1, 0.15) is 6.54 Å². The Kier molecular flexibility index (Phi) is 12.1. The number of amides is 3. The normalized spacial score (nSPS) is 13.7. The number of methoxy groups -OCH3 is 1. The highest BCUT2D eigenvalue weighted by Crippen LogP contribution is 2.39. The van der Waals surface area contributed by atoms with Gasteiger partial charge in [0.2, 0.25) is 5.91 Å². The molecule has 42 heavy (non-hydrogen) atoms. The summed E-state index contributed by atoms with van der Waals surface area (Å²) in [6.07, 6.45) is 2.97. The number of nitrogens with zero attached hydrogens (tertiary/aromatic N) is 1. The Morgan fingerprint density at radius 3 is 2.50 bits per heavy atom. The van der Waals surface area contributed by atoms with Crippen molar-refractivity contribution >= 4 is 75.7 Å². The van der Waals surface area contributed by atoms with Crippen LogP contribution in [0.4, 0.5) is 10.5 Å². The van der Waals surface area contributed by atoms with E-state index in [0.717, 1.165) is 11.3 Å². The van der Waals surface area contributed by atoms with Crippen molar-refractivity contribution in [3.05, 3.63) is 56.4 Å². The fourth-order valence-electron chi connectivity index (χ4n) is 3.54. The summed E-state index contributed by atoms with van der Waals surface area (Å²) in [6.45, 7) is 3.24. The zero-order valence-corrected chi connectivity index (χ0v) is 25.3. The number of thioether (sulfide) groups is 1. The second kappa shape index (κ2) is 15.5. The van der Waals surface area contributed by atoms with Gasteiger partial charge in [-0.25, -0.2) is 9.59 Å². The molecule has 0 atom stereocenters. The van der Waals surface area contributed by atoms with E-state index in [1.54, 1.807) is 6.92 Å². The third kappa shape index (κ3) is 8.63. The van der Waals surface area contributed by atoms with Crippen molar-refractivity contribution in [2.75, 3.05) is 38.8 Å². The Hall–Kier alpha value is -3.74. The van der Waals surface area contributed by atoms with Gasteiger partial charge < -0.3 is 24.3 Å². The first-order valence-electron chi connectivity index (χ1n) is 12.8. The van der Waals surface area contributed by atoms with Crippen LogP contribution >= 0.6 is 35.0 Å². The lowest BCUT2D eigenvalue weighted by atomic mass is 10.1. The maximum atomic E-state index is 13.0. The molecule has 0 aromatic heterocycles. The molecule has 3 amide bonds. The first-order valence-corrected chi connectivity index (χ1v) is 14.3. The number of rotatable bonds is 13. The maximum Gasteiger partial charge on any atom is 0.343 e. The molecule has 0 radical (unpaired) electrons. The number of hydrogen-bond donors (Lipinski definition) is 1. The van der Waals surface area contributed by atoms with Gasteiger partial charge in [0.15, 0.2) is 18.1 Å². The summed E-state index contributed by atoms with van der Waals surface area (Å²) >= 11 is 13.1. The molecule has 0 bridgehead atoms. The zero-order chi connectivity index (χ0) is 30.8. The van der Waals surface area contributed by atoms with Crippen molar-refractivity contribution in [1.29, 1.82) is 0 Å². The number of halogens is 2. The molecule has 0 aliphatic carbocycles. The number of carbonyl (C=O) groups is 5. The van der Waals surface area contributed by atoms with E-state index in [-0.39, 0.29) is 50.9 Å². The van der Waals surface area contributed by atoms with Crippen LogP contribution in [0.3, 0.4) is 0 Å². The van der Waals surface area contributed by atoms with Crippen molar-refractivity contribution < 1.29 is 42.9 Å². The number of esters is 2. The number of imide groups is 1. The molecule has 1 saturated heterocycles. The van der Waals surface area contributed by atoms with Crippen LogP contribution in [0.25, 0.3) is 6.08 Å². The minimum Gasteiger partial charge on any atom is -0.490 e. The molecule has 1 N–H and O–H groups in total. The number of nitrogens with one attached hydrogen (secondary N) is 1. The van der Waals surface area contributed by atoms with E-state index in [4.69, 9.17) is 37.4 Å². The van der Waals surface area contributed by atoms with Crippen LogP contribution in [0.5, 0.6) is 11.5 Å². The fraction of sp³-hybridized carbons (Fsp3) is 0.321. The first kappa shape index (κ1) is 32.8. The summed E-state index contributed by atoms with van der Waals surface area (Å²) in [5.74, 6) is -2.26. The van der Waals surface area contributed by atoms with Gasteiger partial charge >= 0.3 is 11.9 Å². The van der Waals surface area contributed by atoms with E-state index in [9.17, 15) is 24.0 Å². The molecule has 0 saturated carbocycles. The summed E-state index contributed by atoms with van der Waals surface area (Å²) < 4.78 is 20.8. The lowest BCUT2D eigenvalue weighted by molar-refractivity contribution is -0.143. The zero-order valence-electron chi connectivity index (χ0n) is 23.0. The number of ether oxygens (including phenoxy) is 4. The smallest absolute Gasteiger partial charge is 0.343 e. The third-order valence-corrected chi connectivity index (χ3v) is 7.09. The highest BCUT2D eigenvalue weighted by molar-refractivity contribution is 8.18. The van der Waals surface area contributed by atoms with Gasteiger partial charge in [0, 0.05) is 5.69 Å². The van der Waals surface area contributed by atoms with Crippen molar-refractivity contribution in [3.8, 4) is 11.5 Å². The molecule has 14 heteroatoms. The number of benzene rings is 2. The van der Waals surface area contributed by atoms with Crippen LogP contribution in [0.2, 0.25) is 10.0 Å². The van der Waals surface area contributed by atoms with Gasteiger partial charge in [-0.2, -0.15) is 0 Å². The van der Waals surface area contributed by atoms with Gasteiger partial charge in [-0.3, -0.25) is 19.3 Å². The van der Waals surface area contributed by atoms with E-state index in [1.165, 1.54) is 43.5 Å². The Morgan fingerprint density at radius 1 is 1.05 bits per heavy atom. The summed E-state index contributed by atoms with van der Waals surface area (Å²) in [6, 6.07) is 7.29. The van der Waals surface area contributed by atoms with E-state index in [2.05, 4.69) is 10.1 Å². The lowest BCUT2D eigenvalue weighted by Crippen LogP contribution is -2.36. The molecule has 0 unspecified atom stereocenters. The van der Waals surface area contributed by atoms with Crippen LogP contribution in [0.1, 0.15) is 42.6 Å². The summed E-state index contributed by atoms with van der Waals surface area (Å²) in [5.41, 5.74) is 0.733. The van der Waals surface area contributed by atoms with Crippen molar-refractivity contribution in [3.63, 3.8) is 0 Å². The van der Waals surface area contributed by atoms with E-state index in [0.29, 0.717) is 23.7 Å². The Balaban J connectivity index is 1.72. The van der Waals surface area contributed by atoms with Gasteiger partial charge in [-0.05, 0) is 67.1 Å². The molecular formula is C28H28Cl2N2O9S. The van der Waals surface area contributed by atoms with Crippen molar-refractivity contribution in [2.45, 2.75) is 26.7 Å². The monoisotopic (exact) mass is 638 g/mol. The maximum absolute atomic E-state index is 13.0. The van der Waals surface area contributed by atoms with E-state index < -0.39 is 42.1 Å². The molecule has 2 aromatic rings. The predicted molar refractivity (Wildman–Crippen MR) is 158 cm³/mol. The molecule has 0 spiro atoms. The van der Waals surface area contributed by atoms with Gasteiger partial charge in [-0.15, -0.1) is 0 Å². The average molecular weight is 640 g/mol. The first-order chi connectivity index (χ1) is 20.1. The van der Waals surface area contributed by atoms with Gasteiger partial charge in [0.25, 0.3) is 11.1 Å². The Labute approximate surface area is 256 Å². The topological polar surface area (TPSA) is 138 Å². The molecule has 224 valence electrons. The van der Waals surface area contributed by atoms with Crippen LogP contribution in [0.15, 0.2) is 35.2 Å². The minimum absolute atomic E-state index is 0.0538. The minimum atomic E-state index is -0.684. The molecule has 2 aromatic carbocycles. The molecule has 1 aliphatic heterocycles. The number of unbranched alkanes of at least 4 members (excludes halogenated alkanes) is 1. The molecular weight excluding hydrogens is 611 g/mol. The number of hydrogen-bond acceptors (Lipinski definition) is 10. The molecule has 1 heterocycles. The SMILES string of the molecule is CCCCOC(=O)c1cc(NC(=O)CN2C(=O)S/C(=C\c3cc(Cl)c(OCC(=O)OC)c(OCC)c3)C2=O)ccc1Cl. The van der Waals surface area contributed by atoms with Crippen molar-refractivity contribution in [1.82, 2.24) is 4.90 Å².